The number of hydrogen-bond acceptors (Lipinski definition) is 5. The van der Waals surface area contributed by atoms with Crippen molar-refractivity contribution >= 4 is 34.1 Å². The first-order chi connectivity index (χ1) is 13.0. The van der Waals surface area contributed by atoms with Gasteiger partial charge in [-0.25, -0.2) is 4.98 Å². The molecule has 0 aliphatic rings. The predicted molar refractivity (Wildman–Crippen MR) is 109 cm³/mol. The lowest BCUT2D eigenvalue weighted by molar-refractivity contribution is 0.102. The molecule has 4 aromatic rings. The third kappa shape index (κ3) is 3.32. The lowest BCUT2D eigenvalue weighted by Crippen LogP contribution is -2.07. The van der Waals surface area contributed by atoms with Crippen LogP contribution in [0.15, 0.2) is 53.7 Å². The van der Waals surface area contributed by atoms with E-state index in [4.69, 9.17) is 4.98 Å². The van der Waals surface area contributed by atoms with Crippen molar-refractivity contribution in [2.45, 2.75) is 31.8 Å². The first-order valence-corrected chi connectivity index (χ1v) is 9.89. The van der Waals surface area contributed by atoms with Gasteiger partial charge in [-0.2, -0.15) is 0 Å². The number of hydrogen-bond donors (Lipinski definition) is 0. The molecule has 0 fully saturated rings. The minimum atomic E-state index is 0.0802. The maximum Gasteiger partial charge on any atom is 0.197 e. The van der Waals surface area contributed by atoms with E-state index in [2.05, 4.69) is 24.0 Å². The summed E-state index contributed by atoms with van der Waals surface area (Å²) in [6.45, 7) is 6.21. The zero-order valence-electron chi connectivity index (χ0n) is 15.5. The Morgan fingerprint density at radius 2 is 1.81 bits per heavy atom. The van der Waals surface area contributed by atoms with Gasteiger partial charge in [-0.05, 0) is 19.1 Å². The summed E-state index contributed by atoms with van der Waals surface area (Å²) in [6.07, 6.45) is 0. The van der Waals surface area contributed by atoms with Gasteiger partial charge in [0.05, 0.1) is 11.3 Å². The molecular weight excluding hydrogens is 356 g/mol. The monoisotopic (exact) mass is 376 g/mol. The van der Waals surface area contributed by atoms with Gasteiger partial charge in [0.1, 0.15) is 5.82 Å². The van der Waals surface area contributed by atoms with Crippen LogP contribution in [0.5, 0.6) is 0 Å². The second-order valence-corrected chi connectivity index (χ2v) is 7.80. The van der Waals surface area contributed by atoms with E-state index in [1.54, 1.807) is 0 Å². The average Bonchev–Trinajstić information content (AvgIpc) is 3.10. The Morgan fingerprint density at radius 1 is 1.07 bits per heavy atom. The molecule has 5 nitrogen and oxygen atoms in total. The van der Waals surface area contributed by atoms with Gasteiger partial charge in [-0.3, -0.25) is 9.20 Å². The second-order valence-electron chi connectivity index (χ2n) is 6.86. The molecule has 2 aromatic carbocycles. The number of carbonyl (C=O) groups is 1. The Kier molecular flexibility index (Phi) is 4.66. The standard InChI is InChI=1S/C21H20N4OS/c1-13(2)19-22-17-7-5-4-6-16(17)20-23-24-21(25(19)20)27-12-18(26)15-10-8-14(3)9-11-15/h4-11,13H,12H2,1-3H3. The molecule has 0 aliphatic heterocycles. The van der Waals surface area contributed by atoms with E-state index in [0.717, 1.165) is 33.5 Å². The maximum absolute atomic E-state index is 12.5. The van der Waals surface area contributed by atoms with E-state index in [9.17, 15) is 4.79 Å². The zero-order chi connectivity index (χ0) is 19.0. The first kappa shape index (κ1) is 17.7. The SMILES string of the molecule is Cc1ccc(C(=O)CSc2nnc3c4ccccc4nc(C(C)C)n23)cc1. The van der Waals surface area contributed by atoms with Gasteiger partial charge < -0.3 is 0 Å². The molecule has 0 atom stereocenters. The van der Waals surface area contributed by atoms with Crippen LogP contribution >= 0.6 is 11.8 Å². The molecule has 0 amide bonds. The summed E-state index contributed by atoms with van der Waals surface area (Å²) >= 11 is 1.40. The summed E-state index contributed by atoms with van der Waals surface area (Å²) in [4.78, 5) is 17.3. The summed E-state index contributed by atoms with van der Waals surface area (Å²) in [5, 5.41) is 10.4. The molecule has 0 N–H and O–H groups in total. The van der Waals surface area contributed by atoms with E-state index in [0.29, 0.717) is 10.9 Å². The highest BCUT2D eigenvalue weighted by Crippen LogP contribution is 2.27. The molecule has 0 saturated carbocycles. The van der Waals surface area contributed by atoms with Gasteiger partial charge >= 0.3 is 0 Å². The number of nitrogens with zero attached hydrogens (tertiary/aromatic N) is 4. The van der Waals surface area contributed by atoms with Crippen molar-refractivity contribution in [2.75, 3.05) is 5.75 Å². The highest BCUT2D eigenvalue weighted by Gasteiger charge is 2.18. The molecule has 0 radical (unpaired) electrons. The van der Waals surface area contributed by atoms with Crippen molar-refractivity contribution in [3.63, 3.8) is 0 Å². The highest BCUT2D eigenvalue weighted by molar-refractivity contribution is 7.99. The van der Waals surface area contributed by atoms with Crippen molar-refractivity contribution in [3.8, 4) is 0 Å². The average molecular weight is 376 g/mol. The number of aromatic nitrogens is 4. The van der Waals surface area contributed by atoms with Crippen LogP contribution in [-0.4, -0.2) is 31.1 Å². The molecule has 136 valence electrons. The Labute approximate surface area is 161 Å². The number of fused-ring (bicyclic) bond motifs is 3. The molecule has 2 heterocycles. The Balaban J connectivity index is 1.71. The van der Waals surface area contributed by atoms with Gasteiger partial charge in [0.15, 0.2) is 16.6 Å². The van der Waals surface area contributed by atoms with Crippen molar-refractivity contribution in [3.05, 3.63) is 65.5 Å². The summed E-state index contributed by atoms with van der Waals surface area (Å²) in [6, 6.07) is 15.6. The van der Waals surface area contributed by atoms with Crippen LogP contribution < -0.4 is 0 Å². The Bertz CT molecular complexity index is 1130. The number of ketones is 1. The summed E-state index contributed by atoms with van der Waals surface area (Å²) in [7, 11) is 0. The van der Waals surface area contributed by atoms with E-state index in [1.807, 2.05) is 59.9 Å². The second kappa shape index (κ2) is 7.12. The molecule has 6 heteroatoms. The van der Waals surface area contributed by atoms with Crippen LogP contribution in [0.1, 0.15) is 41.5 Å². The van der Waals surface area contributed by atoms with Crippen LogP contribution in [0, 0.1) is 6.92 Å². The number of carbonyl (C=O) groups excluding carboxylic acids is 1. The molecule has 27 heavy (non-hydrogen) atoms. The van der Waals surface area contributed by atoms with Crippen LogP contribution in [0.3, 0.4) is 0 Å². The van der Waals surface area contributed by atoms with Gasteiger partial charge in [0, 0.05) is 16.9 Å². The molecular formula is C21H20N4OS. The Hall–Kier alpha value is -2.73. The maximum atomic E-state index is 12.5. The molecule has 0 bridgehead atoms. The number of para-hydroxylation sites is 1. The summed E-state index contributed by atoms with van der Waals surface area (Å²) in [5.41, 5.74) is 3.56. The van der Waals surface area contributed by atoms with Crippen molar-refractivity contribution < 1.29 is 4.79 Å². The van der Waals surface area contributed by atoms with Crippen molar-refractivity contribution in [2.24, 2.45) is 0 Å². The minimum absolute atomic E-state index is 0.0802. The lowest BCUT2D eigenvalue weighted by atomic mass is 10.1. The summed E-state index contributed by atoms with van der Waals surface area (Å²) in [5.74, 6) is 1.50. The molecule has 4 rings (SSSR count). The molecule has 2 aromatic heterocycles. The molecule has 0 spiro atoms. The lowest BCUT2D eigenvalue weighted by Gasteiger charge is -2.11. The highest BCUT2D eigenvalue weighted by atomic mass is 32.2. The smallest absolute Gasteiger partial charge is 0.197 e. The quantitative estimate of drug-likeness (QED) is 0.374. The van der Waals surface area contributed by atoms with Crippen molar-refractivity contribution in [1.29, 1.82) is 0 Å². The van der Waals surface area contributed by atoms with Gasteiger partial charge in [0.25, 0.3) is 0 Å². The van der Waals surface area contributed by atoms with Crippen LogP contribution in [0.2, 0.25) is 0 Å². The normalized spacial score (nSPS) is 11.6. The topological polar surface area (TPSA) is 60.2 Å². The zero-order valence-corrected chi connectivity index (χ0v) is 16.3. The fraction of sp³-hybridized carbons (Fsp3) is 0.238. The molecule has 0 saturated heterocycles. The van der Waals surface area contributed by atoms with Gasteiger partial charge in [-0.1, -0.05) is 67.6 Å². The van der Waals surface area contributed by atoms with Crippen LogP contribution in [0.4, 0.5) is 0 Å². The van der Waals surface area contributed by atoms with Crippen LogP contribution in [-0.2, 0) is 0 Å². The third-order valence-corrected chi connectivity index (χ3v) is 5.39. The largest absolute Gasteiger partial charge is 0.293 e. The minimum Gasteiger partial charge on any atom is -0.293 e. The Morgan fingerprint density at radius 3 is 2.56 bits per heavy atom. The van der Waals surface area contributed by atoms with E-state index < -0.39 is 0 Å². The number of aryl methyl sites for hydroxylation is 1. The third-order valence-electron chi connectivity index (χ3n) is 4.46. The van der Waals surface area contributed by atoms with Gasteiger partial charge in [0.2, 0.25) is 0 Å². The van der Waals surface area contributed by atoms with E-state index in [-0.39, 0.29) is 11.7 Å². The fourth-order valence-electron chi connectivity index (χ4n) is 3.02. The fourth-order valence-corrected chi connectivity index (χ4v) is 3.85. The molecule has 0 aliphatic carbocycles. The number of thioether (sulfide) groups is 1. The van der Waals surface area contributed by atoms with E-state index in [1.165, 1.54) is 11.8 Å². The van der Waals surface area contributed by atoms with Crippen LogP contribution in [0.25, 0.3) is 16.6 Å². The number of Topliss-reactive ketones (excluding diaryl/α,β-unsaturated/α-hetero) is 1. The predicted octanol–water partition coefficient (Wildman–Crippen LogP) is 4.68. The number of rotatable bonds is 5. The van der Waals surface area contributed by atoms with Crippen molar-refractivity contribution in [1.82, 2.24) is 19.6 Å². The number of benzene rings is 2. The van der Waals surface area contributed by atoms with E-state index >= 15 is 0 Å². The van der Waals surface area contributed by atoms with Gasteiger partial charge in [-0.15, -0.1) is 10.2 Å². The first-order valence-electron chi connectivity index (χ1n) is 8.91. The summed E-state index contributed by atoms with van der Waals surface area (Å²) < 4.78 is 1.99. The molecule has 0 unspecified atom stereocenters.